The van der Waals surface area contributed by atoms with E-state index in [4.69, 9.17) is 10.5 Å². The highest BCUT2D eigenvalue weighted by atomic mass is 19.1. The van der Waals surface area contributed by atoms with Crippen molar-refractivity contribution >= 4 is 0 Å². The van der Waals surface area contributed by atoms with Gasteiger partial charge in [-0.2, -0.15) is 0 Å². The van der Waals surface area contributed by atoms with Crippen LogP contribution in [0.2, 0.25) is 0 Å². The van der Waals surface area contributed by atoms with E-state index in [1.807, 2.05) is 19.9 Å². The Balaban J connectivity index is 2.58. The number of halogens is 1. The van der Waals surface area contributed by atoms with Gasteiger partial charge in [0.15, 0.2) is 0 Å². The molecule has 16 heavy (non-hydrogen) atoms. The molecule has 0 amide bonds. The Kier molecular flexibility index (Phi) is 4.44. The predicted octanol–water partition coefficient (Wildman–Crippen LogP) is 2.51. The van der Waals surface area contributed by atoms with Crippen LogP contribution in [0.15, 0.2) is 24.3 Å². The Hall–Kier alpha value is -0.930. The Labute approximate surface area is 96.6 Å². The molecule has 90 valence electrons. The average Bonchev–Trinajstić information content (AvgIpc) is 2.21. The topological polar surface area (TPSA) is 35.2 Å². The third-order valence-electron chi connectivity index (χ3n) is 2.75. The molecule has 2 nitrogen and oxygen atoms in total. The molecule has 0 saturated carbocycles. The van der Waals surface area contributed by atoms with E-state index in [1.165, 1.54) is 6.07 Å². The summed E-state index contributed by atoms with van der Waals surface area (Å²) in [5, 5.41) is 0. The molecular formula is C13H20FNO. The first-order chi connectivity index (χ1) is 7.44. The summed E-state index contributed by atoms with van der Waals surface area (Å²) in [5.74, 6) is -0.187. The van der Waals surface area contributed by atoms with Crippen molar-refractivity contribution in [1.29, 1.82) is 0 Å². The van der Waals surface area contributed by atoms with E-state index in [1.54, 1.807) is 19.2 Å². The van der Waals surface area contributed by atoms with E-state index in [-0.39, 0.29) is 17.5 Å². The minimum Gasteiger partial charge on any atom is -0.379 e. The van der Waals surface area contributed by atoms with Crippen LogP contribution in [0.3, 0.4) is 0 Å². The van der Waals surface area contributed by atoms with Crippen LogP contribution in [0.1, 0.15) is 25.8 Å². The van der Waals surface area contributed by atoms with Crippen LogP contribution < -0.4 is 5.73 Å². The van der Waals surface area contributed by atoms with Crippen LogP contribution in [-0.2, 0) is 11.2 Å². The Morgan fingerprint density at radius 2 is 2.00 bits per heavy atom. The minimum atomic E-state index is -0.259. The minimum absolute atomic E-state index is 0.0909. The first-order valence-electron chi connectivity index (χ1n) is 5.49. The summed E-state index contributed by atoms with van der Waals surface area (Å²) in [6.45, 7) is 3.96. The zero-order valence-electron chi connectivity index (χ0n) is 10.2. The molecule has 0 radical (unpaired) electrons. The molecular weight excluding hydrogens is 205 g/mol. The first-order valence-corrected chi connectivity index (χ1v) is 5.49. The van der Waals surface area contributed by atoms with Crippen molar-refractivity contribution in [3.05, 3.63) is 35.6 Å². The smallest absolute Gasteiger partial charge is 0.126 e. The van der Waals surface area contributed by atoms with Crippen molar-refractivity contribution < 1.29 is 9.13 Å². The van der Waals surface area contributed by atoms with Crippen LogP contribution in [-0.4, -0.2) is 18.8 Å². The van der Waals surface area contributed by atoms with Crippen LogP contribution in [0.4, 0.5) is 4.39 Å². The molecule has 1 aromatic rings. The largest absolute Gasteiger partial charge is 0.379 e. The van der Waals surface area contributed by atoms with Gasteiger partial charge in [0.2, 0.25) is 0 Å². The van der Waals surface area contributed by atoms with Crippen molar-refractivity contribution in [2.75, 3.05) is 7.11 Å². The maximum atomic E-state index is 13.4. The molecule has 0 heterocycles. The fraction of sp³-hybridized carbons (Fsp3) is 0.538. The lowest BCUT2D eigenvalue weighted by atomic mass is 9.94. The Morgan fingerprint density at radius 3 is 2.56 bits per heavy atom. The summed E-state index contributed by atoms with van der Waals surface area (Å²) in [5.41, 5.74) is 6.40. The van der Waals surface area contributed by atoms with E-state index >= 15 is 0 Å². The molecule has 0 spiro atoms. The van der Waals surface area contributed by atoms with Gasteiger partial charge < -0.3 is 10.5 Å². The highest BCUT2D eigenvalue weighted by molar-refractivity contribution is 5.18. The van der Waals surface area contributed by atoms with E-state index in [0.29, 0.717) is 18.4 Å². The normalized spacial score (nSPS) is 13.8. The van der Waals surface area contributed by atoms with Gasteiger partial charge in [-0.25, -0.2) is 4.39 Å². The van der Waals surface area contributed by atoms with Gasteiger partial charge in [-0.05, 0) is 38.3 Å². The van der Waals surface area contributed by atoms with Gasteiger partial charge in [0, 0.05) is 13.2 Å². The number of hydrogen-bond donors (Lipinski definition) is 1. The summed E-state index contributed by atoms with van der Waals surface area (Å²) in [7, 11) is 1.66. The summed E-state index contributed by atoms with van der Waals surface area (Å²) in [4.78, 5) is 0. The molecule has 0 bridgehead atoms. The number of nitrogens with two attached hydrogens (primary N) is 1. The maximum absolute atomic E-state index is 13.4. The molecule has 0 aliphatic heterocycles. The van der Waals surface area contributed by atoms with E-state index < -0.39 is 0 Å². The molecule has 1 aromatic carbocycles. The second kappa shape index (κ2) is 5.41. The third kappa shape index (κ3) is 3.91. The molecule has 1 atom stereocenters. The Morgan fingerprint density at radius 1 is 1.38 bits per heavy atom. The monoisotopic (exact) mass is 225 g/mol. The number of benzene rings is 1. The lowest BCUT2D eigenvalue weighted by Crippen LogP contribution is -2.35. The SMILES string of the molecule is COC(C)(C)CC(N)Cc1ccccc1F. The van der Waals surface area contributed by atoms with Crippen molar-refractivity contribution in [2.45, 2.75) is 38.3 Å². The van der Waals surface area contributed by atoms with Gasteiger partial charge in [-0.3, -0.25) is 0 Å². The number of ether oxygens (including phenoxy) is 1. The molecule has 0 aliphatic carbocycles. The first kappa shape index (κ1) is 13.1. The average molecular weight is 225 g/mol. The van der Waals surface area contributed by atoms with Gasteiger partial charge in [0.05, 0.1) is 5.60 Å². The second-order valence-corrected chi connectivity index (χ2v) is 4.72. The molecule has 0 aliphatic rings. The fourth-order valence-electron chi connectivity index (χ4n) is 1.73. The quantitative estimate of drug-likeness (QED) is 0.835. The van der Waals surface area contributed by atoms with Gasteiger partial charge >= 0.3 is 0 Å². The van der Waals surface area contributed by atoms with Crippen molar-refractivity contribution in [3.63, 3.8) is 0 Å². The molecule has 0 saturated heterocycles. The lowest BCUT2D eigenvalue weighted by Gasteiger charge is -2.26. The number of methoxy groups -OCH3 is 1. The third-order valence-corrected chi connectivity index (χ3v) is 2.75. The highest BCUT2D eigenvalue weighted by Gasteiger charge is 2.21. The molecule has 1 unspecified atom stereocenters. The Bertz CT molecular complexity index is 338. The van der Waals surface area contributed by atoms with Gasteiger partial charge in [-0.1, -0.05) is 18.2 Å². The van der Waals surface area contributed by atoms with Crippen molar-refractivity contribution in [1.82, 2.24) is 0 Å². The predicted molar refractivity (Wildman–Crippen MR) is 63.8 cm³/mol. The number of rotatable bonds is 5. The molecule has 1 rings (SSSR count). The zero-order chi connectivity index (χ0) is 12.2. The fourth-order valence-corrected chi connectivity index (χ4v) is 1.73. The highest BCUT2D eigenvalue weighted by Crippen LogP contribution is 2.18. The summed E-state index contributed by atoms with van der Waals surface area (Å²) >= 11 is 0. The van der Waals surface area contributed by atoms with Crippen molar-refractivity contribution in [2.24, 2.45) is 5.73 Å². The summed E-state index contributed by atoms with van der Waals surface area (Å²) in [6, 6.07) is 6.65. The standard InChI is InChI=1S/C13H20FNO/c1-13(2,16-3)9-11(15)8-10-6-4-5-7-12(10)14/h4-7,11H,8-9,15H2,1-3H3. The lowest BCUT2D eigenvalue weighted by molar-refractivity contribution is 0.0101. The second-order valence-electron chi connectivity index (χ2n) is 4.72. The maximum Gasteiger partial charge on any atom is 0.126 e. The van der Waals surface area contributed by atoms with E-state index in [9.17, 15) is 4.39 Å². The molecule has 3 heteroatoms. The molecule has 0 aromatic heterocycles. The molecule has 0 fully saturated rings. The van der Waals surface area contributed by atoms with E-state index in [2.05, 4.69) is 0 Å². The molecule has 2 N–H and O–H groups in total. The van der Waals surface area contributed by atoms with Crippen molar-refractivity contribution in [3.8, 4) is 0 Å². The summed E-state index contributed by atoms with van der Waals surface area (Å²) < 4.78 is 18.7. The van der Waals surface area contributed by atoms with Crippen LogP contribution in [0, 0.1) is 5.82 Å². The number of hydrogen-bond acceptors (Lipinski definition) is 2. The van der Waals surface area contributed by atoms with E-state index in [0.717, 1.165) is 0 Å². The van der Waals surface area contributed by atoms with Gasteiger partial charge in [0.1, 0.15) is 5.82 Å². The van der Waals surface area contributed by atoms with Crippen LogP contribution in [0.25, 0.3) is 0 Å². The van der Waals surface area contributed by atoms with Gasteiger partial charge in [-0.15, -0.1) is 0 Å². The zero-order valence-corrected chi connectivity index (χ0v) is 10.2. The van der Waals surface area contributed by atoms with Crippen LogP contribution in [0.5, 0.6) is 0 Å². The van der Waals surface area contributed by atoms with Gasteiger partial charge in [0.25, 0.3) is 0 Å². The summed E-state index contributed by atoms with van der Waals surface area (Å²) in [6.07, 6.45) is 1.25. The van der Waals surface area contributed by atoms with Crippen LogP contribution >= 0.6 is 0 Å².